The van der Waals surface area contributed by atoms with Crippen LogP contribution in [0.15, 0.2) is 46.4 Å². The smallest absolute Gasteiger partial charge is 0.237 e. The van der Waals surface area contributed by atoms with Crippen molar-refractivity contribution in [3.05, 3.63) is 47.0 Å². The minimum absolute atomic E-state index is 0.185. The van der Waals surface area contributed by atoms with E-state index in [9.17, 15) is 4.79 Å². The number of rotatable bonds is 1. The van der Waals surface area contributed by atoms with E-state index in [-0.39, 0.29) is 11.4 Å². The lowest BCUT2D eigenvalue weighted by atomic mass is 9.65. The van der Waals surface area contributed by atoms with Crippen molar-refractivity contribution in [1.29, 1.82) is 0 Å². The molecule has 1 spiro atoms. The fraction of sp³-hybridized carbons (Fsp3) is 0.476. The standard InChI is InChI=1S/C21H24N4O2/c1-20-5-4-14(15-11-23-24(2)13-15)10-16(20)18-17(12-22-20)25(3)19(26)21(18)6-8-27-9-7-21/h4,10-13H,5-9H2,1-3H3. The predicted molar refractivity (Wildman–Crippen MR) is 103 cm³/mol. The number of nitrogens with zero attached hydrogens (tertiary/aromatic N) is 4. The van der Waals surface area contributed by atoms with Gasteiger partial charge in [-0.15, -0.1) is 0 Å². The van der Waals surface area contributed by atoms with Crippen LogP contribution in [0.25, 0.3) is 5.57 Å². The highest BCUT2D eigenvalue weighted by Gasteiger charge is 2.56. The van der Waals surface area contributed by atoms with Crippen molar-refractivity contribution in [1.82, 2.24) is 14.7 Å². The quantitative estimate of drug-likeness (QED) is 0.769. The summed E-state index contributed by atoms with van der Waals surface area (Å²) in [6.45, 7) is 3.43. The predicted octanol–water partition coefficient (Wildman–Crippen LogP) is 2.50. The second-order valence-corrected chi connectivity index (χ2v) is 8.18. The van der Waals surface area contributed by atoms with Crippen LogP contribution in [0.3, 0.4) is 0 Å². The molecule has 1 unspecified atom stereocenters. The number of carbonyl (C=O) groups excluding carboxylic acids is 1. The normalized spacial score (nSPS) is 29.0. The molecule has 1 saturated heterocycles. The third-order valence-electron chi connectivity index (χ3n) is 6.54. The Morgan fingerprint density at radius 2 is 2.00 bits per heavy atom. The Labute approximate surface area is 158 Å². The number of allylic oxidation sites excluding steroid dienone is 3. The minimum atomic E-state index is -0.473. The number of hydrogen-bond donors (Lipinski definition) is 0. The Kier molecular flexibility index (Phi) is 3.41. The number of aliphatic imine (C=N–C) groups is 1. The van der Waals surface area contributed by atoms with E-state index < -0.39 is 5.41 Å². The van der Waals surface area contributed by atoms with Crippen LogP contribution in [0.2, 0.25) is 0 Å². The highest BCUT2D eigenvalue weighted by Crippen LogP contribution is 2.55. The van der Waals surface area contributed by atoms with Crippen LogP contribution in [0.1, 0.15) is 31.7 Å². The van der Waals surface area contributed by atoms with Crippen LogP contribution in [0.4, 0.5) is 0 Å². The van der Waals surface area contributed by atoms with E-state index in [0.29, 0.717) is 13.2 Å². The van der Waals surface area contributed by atoms with Crippen molar-refractivity contribution < 1.29 is 9.53 Å². The first-order valence-corrected chi connectivity index (χ1v) is 9.52. The molecule has 0 saturated carbocycles. The Hall–Kier alpha value is -2.47. The third kappa shape index (κ3) is 2.19. The maximum absolute atomic E-state index is 13.3. The van der Waals surface area contributed by atoms with E-state index >= 15 is 0 Å². The summed E-state index contributed by atoms with van der Waals surface area (Å²) < 4.78 is 7.42. The lowest BCUT2D eigenvalue weighted by molar-refractivity contribution is -0.138. The summed E-state index contributed by atoms with van der Waals surface area (Å²) in [5.41, 5.74) is 4.77. The second kappa shape index (κ2) is 5.52. The van der Waals surface area contributed by atoms with Crippen molar-refractivity contribution in [2.45, 2.75) is 31.7 Å². The molecule has 1 aliphatic carbocycles. The molecule has 27 heavy (non-hydrogen) atoms. The van der Waals surface area contributed by atoms with Gasteiger partial charge in [-0.2, -0.15) is 5.10 Å². The minimum Gasteiger partial charge on any atom is -0.381 e. The van der Waals surface area contributed by atoms with Gasteiger partial charge in [0.2, 0.25) is 5.91 Å². The number of ether oxygens (including phenoxy) is 1. The molecule has 0 radical (unpaired) electrons. The molecule has 1 aromatic rings. The number of dihydropyridines is 1. The number of aromatic nitrogens is 2. The van der Waals surface area contributed by atoms with Crippen molar-refractivity contribution in [3.63, 3.8) is 0 Å². The van der Waals surface area contributed by atoms with Crippen molar-refractivity contribution in [3.8, 4) is 0 Å². The zero-order valence-electron chi connectivity index (χ0n) is 16.0. The highest BCUT2D eigenvalue weighted by atomic mass is 16.5. The first kappa shape index (κ1) is 16.7. The van der Waals surface area contributed by atoms with E-state index in [2.05, 4.69) is 24.2 Å². The molecule has 4 aliphatic rings. The van der Waals surface area contributed by atoms with Crippen LogP contribution in [0, 0.1) is 5.41 Å². The summed E-state index contributed by atoms with van der Waals surface area (Å²) in [4.78, 5) is 20.0. The Balaban J connectivity index is 1.68. The van der Waals surface area contributed by atoms with Crippen LogP contribution >= 0.6 is 0 Å². The van der Waals surface area contributed by atoms with Gasteiger partial charge in [-0.3, -0.25) is 14.5 Å². The van der Waals surface area contributed by atoms with Gasteiger partial charge in [0.25, 0.3) is 0 Å². The Morgan fingerprint density at radius 1 is 1.22 bits per heavy atom. The summed E-state index contributed by atoms with van der Waals surface area (Å²) in [5, 5.41) is 4.31. The first-order chi connectivity index (χ1) is 12.9. The zero-order chi connectivity index (χ0) is 18.8. The van der Waals surface area contributed by atoms with Crippen LogP contribution < -0.4 is 0 Å². The summed E-state index contributed by atoms with van der Waals surface area (Å²) in [6.07, 6.45) is 12.6. The van der Waals surface area contributed by atoms with Gasteiger partial charge < -0.3 is 9.64 Å². The highest BCUT2D eigenvalue weighted by molar-refractivity contribution is 6.03. The topological polar surface area (TPSA) is 59.7 Å². The molecule has 5 rings (SSSR count). The Morgan fingerprint density at radius 3 is 2.70 bits per heavy atom. The first-order valence-electron chi connectivity index (χ1n) is 9.52. The van der Waals surface area contributed by atoms with Gasteiger partial charge in [0.1, 0.15) is 0 Å². The fourth-order valence-corrected chi connectivity index (χ4v) is 4.91. The fourth-order valence-electron chi connectivity index (χ4n) is 4.91. The SMILES string of the molecule is CN1C(=O)C2(CCOCC2)C2=C1C=NC1(C)CC=C(c3cnn(C)c3)C=C21. The molecule has 140 valence electrons. The maximum atomic E-state index is 13.3. The molecule has 1 fully saturated rings. The number of fused-ring (bicyclic) bond motifs is 3. The van der Waals surface area contributed by atoms with Gasteiger partial charge in [-0.05, 0) is 49.0 Å². The average molecular weight is 364 g/mol. The number of amides is 1. The summed E-state index contributed by atoms with van der Waals surface area (Å²) >= 11 is 0. The monoisotopic (exact) mass is 364 g/mol. The maximum Gasteiger partial charge on any atom is 0.237 e. The number of hydrogen-bond acceptors (Lipinski definition) is 4. The Bertz CT molecular complexity index is 959. The van der Waals surface area contributed by atoms with Crippen molar-refractivity contribution >= 4 is 17.7 Å². The summed E-state index contributed by atoms with van der Waals surface area (Å²) in [7, 11) is 3.80. The molecule has 3 aliphatic heterocycles. The van der Waals surface area contributed by atoms with Crippen LogP contribution in [-0.4, -0.2) is 52.6 Å². The number of aryl methyl sites for hydroxylation is 1. The number of carbonyl (C=O) groups is 1. The van der Waals surface area contributed by atoms with Crippen molar-refractivity contribution in [2.24, 2.45) is 17.5 Å². The molecule has 1 atom stereocenters. The molecular weight excluding hydrogens is 340 g/mol. The second-order valence-electron chi connectivity index (χ2n) is 8.18. The van der Waals surface area contributed by atoms with Gasteiger partial charge >= 0.3 is 0 Å². The van der Waals surface area contributed by atoms with E-state index in [4.69, 9.17) is 9.73 Å². The van der Waals surface area contributed by atoms with E-state index in [1.807, 2.05) is 37.4 Å². The molecule has 6 heteroatoms. The van der Waals surface area contributed by atoms with Gasteiger partial charge in [-0.25, -0.2) is 0 Å². The molecule has 6 nitrogen and oxygen atoms in total. The van der Waals surface area contributed by atoms with E-state index in [1.165, 1.54) is 11.1 Å². The summed E-state index contributed by atoms with van der Waals surface area (Å²) in [6, 6.07) is 0. The van der Waals surface area contributed by atoms with Gasteiger partial charge in [0, 0.05) is 45.3 Å². The molecule has 1 amide bonds. The molecule has 4 heterocycles. The van der Waals surface area contributed by atoms with Gasteiger partial charge in [-0.1, -0.05) is 6.08 Å². The molecule has 1 aromatic heterocycles. The molecule has 0 aromatic carbocycles. The summed E-state index contributed by atoms with van der Waals surface area (Å²) in [5.74, 6) is 0.185. The zero-order valence-corrected chi connectivity index (χ0v) is 16.0. The molecular formula is C21H24N4O2. The lowest BCUT2D eigenvalue weighted by Crippen LogP contribution is -2.42. The third-order valence-corrected chi connectivity index (χ3v) is 6.54. The van der Waals surface area contributed by atoms with Crippen LogP contribution in [-0.2, 0) is 16.6 Å². The molecule has 0 bridgehead atoms. The van der Waals surface area contributed by atoms with Crippen molar-refractivity contribution in [2.75, 3.05) is 20.3 Å². The average Bonchev–Trinajstić information content (AvgIpc) is 3.19. The molecule has 0 N–H and O–H groups in total. The van der Waals surface area contributed by atoms with E-state index in [1.54, 1.807) is 4.90 Å². The largest absolute Gasteiger partial charge is 0.381 e. The lowest BCUT2D eigenvalue weighted by Gasteiger charge is -2.41. The van der Waals surface area contributed by atoms with Gasteiger partial charge in [0.15, 0.2) is 0 Å². The van der Waals surface area contributed by atoms with Crippen LogP contribution in [0.5, 0.6) is 0 Å². The van der Waals surface area contributed by atoms with Gasteiger partial charge in [0.05, 0.1) is 22.8 Å². The van der Waals surface area contributed by atoms with E-state index in [0.717, 1.165) is 36.1 Å².